The highest BCUT2D eigenvalue weighted by atomic mass is 16.5. The van der Waals surface area contributed by atoms with Gasteiger partial charge < -0.3 is 15.8 Å². The Balaban J connectivity index is 2.09. The van der Waals surface area contributed by atoms with Crippen molar-refractivity contribution in [3.8, 4) is 0 Å². The zero-order valence-corrected chi connectivity index (χ0v) is 12.3. The van der Waals surface area contributed by atoms with Gasteiger partial charge in [0.2, 0.25) is 0 Å². The second-order valence-corrected chi connectivity index (χ2v) is 5.03. The first-order chi connectivity index (χ1) is 10.1. The SMILES string of the molecule is COC(=O)c1ccc(N)c(NC(C)Cc2ccccc2)c1. The lowest BCUT2D eigenvalue weighted by atomic mass is 10.1. The summed E-state index contributed by atoms with van der Waals surface area (Å²) in [5.74, 6) is -0.367. The van der Waals surface area contributed by atoms with Crippen molar-refractivity contribution >= 4 is 17.3 Å². The molecule has 0 aliphatic rings. The molecular formula is C17H20N2O2. The molecule has 0 spiro atoms. The quantitative estimate of drug-likeness (QED) is 0.654. The van der Waals surface area contributed by atoms with Crippen molar-refractivity contribution in [2.24, 2.45) is 0 Å². The highest BCUT2D eigenvalue weighted by Crippen LogP contribution is 2.22. The number of carbonyl (C=O) groups excluding carboxylic acids is 1. The van der Waals surface area contributed by atoms with E-state index >= 15 is 0 Å². The first-order valence-electron chi connectivity index (χ1n) is 6.88. The van der Waals surface area contributed by atoms with Gasteiger partial charge in [-0.05, 0) is 37.1 Å². The van der Waals surface area contributed by atoms with E-state index in [1.807, 2.05) is 18.2 Å². The molecule has 0 bridgehead atoms. The molecule has 0 saturated carbocycles. The second kappa shape index (κ2) is 6.79. The number of nitrogens with one attached hydrogen (secondary N) is 1. The van der Waals surface area contributed by atoms with E-state index in [9.17, 15) is 4.79 Å². The Bertz CT molecular complexity index is 611. The van der Waals surface area contributed by atoms with E-state index in [1.54, 1.807) is 18.2 Å². The van der Waals surface area contributed by atoms with Crippen LogP contribution in [-0.4, -0.2) is 19.1 Å². The van der Waals surface area contributed by atoms with Crippen LogP contribution >= 0.6 is 0 Å². The summed E-state index contributed by atoms with van der Waals surface area (Å²) in [6, 6.07) is 15.5. The maximum absolute atomic E-state index is 11.6. The molecule has 0 amide bonds. The highest BCUT2D eigenvalue weighted by molar-refractivity contribution is 5.92. The third-order valence-electron chi connectivity index (χ3n) is 3.26. The molecule has 4 nitrogen and oxygen atoms in total. The Morgan fingerprint density at radius 3 is 2.62 bits per heavy atom. The minimum absolute atomic E-state index is 0.197. The first kappa shape index (κ1) is 14.9. The fraction of sp³-hybridized carbons (Fsp3) is 0.235. The number of esters is 1. The minimum Gasteiger partial charge on any atom is -0.465 e. The van der Waals surface area contributed by atoms with Crippen LogP contribution in [0.15, 0.2) is 48.5 Å². The van der Waals surface area contributed by atoms with E-state index in [0.717, 1.165) is 12.1 Å². The number of anilines is 2. The normalized spacial score (nSPS) is 11.7. The molecule has 1 unspecified atom stereocenters. The van der Waals surface area contributed by atoms with E-state index in [4.69, 9.17) is 10.5 Å². The van der Waals surface area contributed by atoms with Gasteiger partial charge in [0.15, 0.2) is 0 Å². The molecule has 2 aromatic carbocycles. The summed E-state index contributed by atoms with van der Waals surface area (Å²) in [4.78, 5) is 11.6. The topological polar surface area (TPSA) is 64.3 Å². The van der Waals surface area contributed by atoms with E-state index in [0.29, 0.717) is 11.3 Å². The highest BCUT2D eigenvalue weighted by Gasteiger charge is 2.10. The van der Waals surface area contributed by atoms with Gasteiger partial charge in [-0.15, -0.1) is 0 Å². The molecule has 0 aliphatic heterocycles. The predicted molar refractivity (Wildman–Crippen MR) is 85.4 cm³/mol. The number of hydrogen-bond acceptors (Lipinski definition) is 4. The Hall–Kier alpha value is -2.49. The Kier molecular flexibility index (Phi) is 4.82. The number of hydrogen-bond donors (Lipinski definition) is 2. The van der Waals surface area contributed by atoms with Crippen LogP contribution in [0.3, 0.4) is 0 Å². The molecule has 0 fully saturated rings. The summed E-state index contributed by atoms with van der Waals surface area (Å²) in [7, 11) is 1.36. The lowest BCUT2D eigenvalue weighted by Crippen LogP contribution is -2.19. The maximum Gasteiger partial charge on any atom is 0.337 e. The summed E-state index contributed by atoms with van der Waals surface area (Å²) in [6.07, 6.45) is 0.878. The predicted octanol–water partition coefficient (Wildman–Crippen LogP) is 3.10. The van der Waals surface area contributed by atoms with Crippen molar-refractivity contribution in [1.82, 2.24) is 0 Å². The fourth-order valence-electron chi connectivity index (χ4n) is 2.21. The molecule has 4 heteroatoms. The molecule has 2 rings (SSSR count). The van der Waals surface area contributed by atoms with E-state index < -0.39 is 0 Å². The summed E-state index contributed by atoms with van der Waals surface area (Å²) in [5, 5.41) is 3.35. The van der Waals surface area contributed by atoms with Gasteiger partial charge in [-0.25, -0.2) is 4.79 Å². The minimum atomic E-state index is -0.367. The Morgan fingerprint density at radius 1 is 1.24 bits per heavy atom. The van der Waals surface area contributed by atoms with Gasteiger partial charge in [-0.2, -0.15) is 0 Å². The number of rotatable bonds is 5. The number of nitrogens with two attached hydrogens (primary N) is 1. The van der Waals surface area contributed by atoms with E-state index in [1.165, 1.54) is 12.7 Å². The van der Waals surface area contributed by atoms with Crippen molar-refractivity contribution in [2.75, 3.05) is 18.2 Å². The van der Waals surface area contributed by atoms with Crippen molar-refractivity contribution < 1.29 is 9.53 Å². The van der Waals surface area contributed by atoms with Crippen LogP contribution in [0.2, 0.25) is 0 Å². The molecule has 3 N–H and O–H groups in total. The van der Waals surface area contributed by atoms with Gasteiger partial charge in [-0.1, -0.05) is 30.3 Å². The summed E-state index contributed by atoms with van der Waals surface area (Å²) in [5.41, 5.74) is 9.06. The van der Waals surface area contributed by atoms with Crippen molar-refractivity contribution in [2.45, 2.75) is 19.4 Å². The first-order valence-corrected chi connectivity index (χ1v) is 6.88. The van der Waals surface area contributed by atoms with Crippen LogP contribution in [0.4, 0.5) is 11.4 Å². The van der Waals surface area contributed by atoms with Crippen LogP contribution < -0.4 is 11.1 Å². The lowest BCUT2D eigenvalue weighted by Gasteiger charge is -2.17. The third-order valence-corrected chi connectivity index (χ3v) is 3.26. The van der Waals surface area contributed by atoms with Crippen LogP contribution in [0.5, 0.6) is 0 Å². The standard InChI is InChI=1S/C17H20N2O2/c1-12(10-13-6-4-3-5-7-13)19-16-11-14(17(20)21-2)8-9-15(16)18/h3-9,11-12,19H,10,18H2,1-2H3. The smallest absolute Gasteiger partial charge is 0.337 e. The van der Waals surface area contributed by atoms with Gasteiger partial charge in [-0.3, -0.25) is 0 Å². The summed E-state index contributed by atoms with van der Waals surface area (Å²) in [6.45, 7) is 2.08. The molecule has 0 aliphatic carbocycles. The number of carbonyl (C=O) groups is 1. The van der Waals surface area contributed by atoms with Crippen LogP contribution in [-0.2, 0) is 11.2 Å². The third kappa shape index (κ3) is 3.99. The van der Waals surface area contributed by atoms with E-state index in [-0.39, 0.29) is 12.0 Å². The number of nitrogen functional groups attached to an aromatic ring is 1. The molecule has 0 radical (unpaired) electrons. The van der Waals surface area contributed by atoms with Crippen LogP contribution in [0, 0.1) is 0 Å². The van der Waals surface area contributed by atoms with E-state index in [2.05, 4.69) is 24.4 Å². The van der Waals surface area contributed by atoms with Crippen LogP contribution in [0.1, 0.15) is 22.8 Å². The summed E-state index contributed by atoms with van der Waals surface area (Å²) < 4.78 is 4.72. The number of benzene rings is 2. The summed E-state index contributed by atoms with van der Waals surface area (Å²) >= 11 is 0. The number of ether oxygens (including phenoxy) is 1. The average Bonchev–Trinajstić information content (AvgIpc) is 2.49. The van der Waals surface area contributed by atoms with Gasteiger partial charge in [0, 0.05) is 6.04 Å². The molecule has 1 atom stereocenters. The zero-order valence-electron chi connectivity index (χ0n) is 12.3. The van der Waals surface area contributed by atoms with Crippen molar-refractivity contribution in [3.63, 3.8) is 0 Å². The average molecular weight is 284 g/mol. The van der Waals surface area contributed by atoms with Crippen molar-refractivity contribution in [1.29, 1.82) is 0 Å². The van der Waals surface area contributed by atoms with Gasteiger partial charge in [0.1, 0.15) is 0 Å². The van der Waals surface area contributed by atoms with Crippen LogP contribution in [0.25, 0.3) is 0 Å². The lowest BCUT2D eigenvalue weighted by molar-refractivity contribution is 0.0601. The molecule has 0 heterocycles. The monoisotopic (exact) mass is 284 g/mol. The molecule has 0 aromatic heterocycles. The molecule has 110 valence electrons. The Labute approximate surface area is 124 Å². The van der Waals surface area contributed by atoms with Gasteiger partial charge in [0.25, 0.3) is 0 Å². The molecule has 2 aromatic rings. The van der Waals surface area contributed by atoms with Crippen molar-refractivity contribution in [3.05, 3.63) is 59.7 Å². The molecule has 0 saturated heterocycles. The fourth-order valence-corrected chi connectivity index (χ4v) is 2.21. The maximum atomic E-state index is 11.6. The number of methoxy groups -OCH3 is 1. The molecular weight excluding hydrogens is 264 g/mol. The van der Waals surface area contributed by atoms with Gasteiger partial charge in [0.05, 0.1) is 24.0 Å². The van der Waals surface area contributed by atoms with Gasteiger partial charge >= 0.3 is 5.97 Å². The Morgan fingerprint density at radius 2 is 1.95 bits per heavy atom. The second-order valence-electron chi connectivity index (χ2n) is 5.03. The largest absolute Gasteiger partial charge is 0.465 e. The zero-order chi connectivity index (χ0) is 15.2. The molecule has 21 heavy (non-hydrogen) atoms.